The van der Waals surface area contributed by atoms with Crippen molar-refractivity contribution in [2.45, 2.75) is 162 Å². The molecule has 1 aromatic heterocycles. The van der Waals surface area contributed by atoms with Gasteiger partial charge in [-0.1, -0.05) is 105 Å². The van der Waals surface area contributed by atoms with Crippen LogP contribution in [0.3, 0.4) is 0 Å². The highest BCUT2D eigenvalue weighted by molar-refractivity contribution is 14.1. The normalized spacial score (nSPS) is 28.6. The lowest BCUT2D eigenvalue weighted by molar-refractivity contribution is -0.193. The predicted octanol–water partition coefficient (Wildman–Crippen LogP) is 13.4. The van der Waals surface area contributed by atoms with E-state index in [1.807, 2.05) is 37.3 Å². The first-order valence-electron chi connectivity index (χ1n) is 28.5. The van der Waals surface area contributed by atoms with Gasteiger partial charge in [-0.2, -0.15) is 26.3 Å². The van der Waals surface area contributed by atoms with Gasteiger partial charge in [0, 0.05) is 69.1 Å². The highest BCUT2D eigenvalue weighted by atomic mass is 127. The second kappa shape index (κ2) is 27.9. The first-order valence-corrected chi connectivity index (χ1v) is 36.4. The molecule has 0 bridgehead atoms. The van der Waals surface area contributed by atoms with Crippen LogP contribution in [0.4, 0.5) is 49.6 Å². The lowest BCUT2D eigenvalue weighted by atomic mass is 9.59. The summed E-state index contributed by atoms with van der Waals surface area (Å²) in [6.45, 7) is 18.9. The van der Waals surface area contributed by atoms with E-state index in [0.717, 1.165) is 52.6 Å². The summed E-state index contributed by atoms with van der Waals surface area (Å²) in [6.07, 6.45) is -2.36. The second-order valence-corrected chi connectivity index (χ2v) is 41.0. The lowest BCUT2D eigenvalue weighted by Crippen LogP contribution is -2.55. The molecule has 2 aromatic carbocycles. The van der Waals surface area contributed by atoms with E-state index in [1.165, 1.54) is 9.80 Å². The van der Waals surface area contributed by atoms with Crippen molar-refractivity contribution in [1.82, 2.24) is 14.8 Å². The molecule has 90 heavy (non-hydrogen) atoms. The number of carbonyl (C=O) groups excluding carboxylic acids is 2. The van der Waals surface area contributed by atoms with Crippen LogP contribution in [0.5, 0.6) is 0 Å². The van der Waals surface area contributed by atoms with Crippen molar-refractivity contribution in [1.29, 1.82) is 0 Å². The van der Waals surface area contributed by atoms with Crippen molar-refractivity contribution < 1.29 is 83.1 Å². The summed E-state index contributed by atoms with van der Waals surface area (Å²) < 4.78 is 122. The lowest BCUT2D eigenvalue weighted by Gasteiger charge is -2.48. The number of alkyl halides is 13. The van der Waals surface area contributed by atoms with Crippen LogP contribution in [0.15, 0.2) is 70.9 Å². The standard InChI is InChI=1S/C27H30F2N4O2.C24H28F2N4O2.C3H9ISi.2C2HF3O2.CHCl3/c1-16-10-25(7-6-22(16)34)13-19-5-4-18(20-3-2-8-31-14-20)9-21(19)27(25)23(35)33(24(30)32-27)15-17-11-26(28,29)12-17;1-14-9-22(7-6-19(14)32-3)12-16-4-5-17(28-2)8-18(16)24(22)20(31)30(21(27)29-24)13-15-10-23(25,26)11-15;1-5(2,3)4;2*3-2(4,5)1(6)7;2-1(3)4/h2-5,8-9,14,16-17,22,34H,6-7,10-13,15H2,1H3,(H2,30,32);4-5,8,14-15,19H,6-7,9-13H2,1,3H3,(H2,27,29);1-3H3;2*(H,6,7);1H/t16-,22-,25-,27+;14-,19-,22-,24+;;;;/m00..../s1. The molecule has 8 aliphatic rings. The molecule has 0 saturated heterocycles. The number of methoxy groups -OCH3 is 1. The molecule has 7 N–H and O–H groups in total. The van der Waals surface area contributed by atoms with E-state index in [0.29, 0.717) is 37.8 Å². The average Bonchev–Trinajstić information content (AvgIpc) is 1.53. The van der Waals surface area contributed by atoms with Gasteiger partial charge in [0.05, 0.1) is 18.8 Å². The third-order valence-electron chi connectivity index (χ3n) is 17.5. The fourth-order valence-electron chi connectivity index (χ4n) is 13.8. The van der Waals surface area contributed by atoms with E-state index in [1.54, 1.807) is 31.6 Å². The molecule has 4 saturated carbocycles. The largest absolute Gasteiger partial charge is 0.490 e. The number of aliphatic imine (C=N–C) groups is 2. The number of aliphatic hydroxyl groups is 1. The minimum atomic E-state index is -5.08. The van der Waals surface area contributed by atoms with Crippen molar-refractivity contribution in [2.75, 3.05) is 20.2 Å². The summed E-state index contributed by atoms with van der Waals surface area (Å²) in [5.41, 5.74) is 14.7. The molecule has 2 amide bonds. The number of halogens is 14. The first kappa shape index (κ1) is 74.0. The van der Waals surface area contributed by atoms with Crippen LogP contribution in [0, 0.1) is 41.1 Å². The highest BCUT2D eigenvalue weighted by Gasteiger charge is 2.69. The maximum Gasteiger partial charge on any atom is 0.490 e. The van der Waals surface area contributed by atoms with Crippen molar-refractivity contribution in [3.63, 3.8) is 0 Å². The summed E-state index contributed by atoms with van der Waals surface area (Å²) in [4.78, 5) is 66.7. The van der Waals surface area contributed by atoms with Crippen LogP contribution in [0.25, 0.3) is 16.0 Å². The van der Waals surface area contributed by atoms with Crippen LogP contribution in [0.2, 0.25) is 19.6 Å². The van der Waals surface area contributed by atoms with E-state index in [4.69, 9.17) is 87.4 Å². The fourth-order valence-corrected chi connectivity index (χ4v) is 13.8. The second-order valence-electron chi connectivity index (χ2n) is 25.1. The molecule has 3 aromatic rings. The summed E-state index contributed by atoms with van der Waals surface area (Å²) in [5, 5.41) is 24.8. The SMILES string of the molecule is C[C@H]1C[C@@]2(CC[C@@H]1O)Cc1ccc(-c3cccnc3)cc1[C@]21N=C(N)N(CC2CC(F)(F)C2)C1=O.C[Si](C)(C)I.ClC(Cl)Cl.O=C(O)C(F)(F)F.O=C(O)C(F)(F)F.[C-]#[N+]c1ccc2c(c1)[C@]1(N=C(N)N(CC3CC(F)(F)C3)C1=O)[C@]1(CC[C@H](OC)[C@@H](C)C1)C2. The molecule has 496 valence electrons. The summed E-state index contributed by atoms with van der Waals surface area (Å²) in [6, 6.07) is 15.5. The van der Waals surface area contributed by atoms with Crippen LogP contribution in [0.1, 0.15) is 100 Å². The topological polar surface area (TPSA) is 239 Å². The number of pyridine rings is 1. The number of carboxylic acids is 2. The Balaban J connectivity index is 0.000000214. The number of aliphatic hydroxyl groups excluding tert-OH is 1. The van der Waals surface area contributed by atoms with Crippen molar-refractivity contribution >= 4 is 104 Å². The number of ether oxygens (including phenoxy) is 1. The molecule has 0 radical (unpaired) electrons. The number of nitrogens with two attached hydrogens (primary N) is 2. The number of hydrogen-bond donors (Lipinski definition) is 5. The minimum absolute atomic E-state index is 0.0105. The monoisotopic (exact) mass is 1470 g/mol. The molecule has 8 atom stereocenters. The molecule has 0 unspecified atom stereocenters. The Morgan fingerprint density at radius 2 is 1.16 bits per heavy atom. The molecule has 2 aliphatic heterocycles. The molecular formula is C59H70Cl3F10IN8O8Si. The Hall–Kier alpha value is -5.06. The van der Waals surface area contributed by atoms with Gasteiger partial charge in [-0.3, -0.25) is 24.4 Å². The van der Waals surface area contributed by atoms with Gasteiger partial charge in [-0.15, -0.1) is 21.8 Å². The smallest absolute Gasteiger partial charge is 0.475 e. The zero-order valence-corrected chi connectivity index (χ0v) is 55.2. The quantitative estimate of drug-likeness (QED) is 0.0388. The third-order valence-corrected chi connectivity index (χ3v) is 17.5. The average molecular weight is 1470 g/mol. The van der Waals surface area contributed by atoms with Gasteiger partial charge in [-0.25, -0.2) is 42.0 Å². The van der Waals surface area contributed by atoms with Gasteiger partial charge in [-0.05, 0) is 121 Å². The number of carboxylic acid groups (broad SMARTS) is 2. The number of rotatable bonds is 6. The van der Waals surface area contributed by atoms with E-state index in [-0.39, 0.29) is 92.3 Å². The fraction of sp³-hybridized carbons (Fsp3) is 0.593. The van der Waals surface area contributed by atoms with Gasteiger partial charge < -0.3 is 31.5 Å². The van der Waals surface area contributed by atoms with Gasteiger partial charge in [0.1, 0.15) is 5.57 Å². The van der Waals surface area contributed by atoms with E-state index in [2.05, 4.69) is 64.3 Å². The molecule has 6 aliphatic carbocycles. The van der Waals surface area contributed by atoms with Crippen LogP contribution in [-0.2, 0) is 47.8 Å². The number of aromatic nitrogens is 1. The zero-order valence-electron chi connectivity index (χ0n) is 49.7. The summed E-state index contributed by atoms with van der Waals surface area (Å²) >= 11 is 16.9. The summed E-state index contributed by atoms with van der Waals surface area (Å²) in [5.74, 6) is -11.4. The summed E-state index contributed by atoms with van der Waals surface area (Å²) in [7, 11) is 1.72. The van der Waals surface area contributed by atoms with Crippen LogP contribution >= 0.6 is 56.6 Å². The Morgan fingerprint density at radius 1 is 0.744 bits per heavy atom. The van der Waals surface area contributed by atoms with E-state index in [9.17, 15) is 58.6 Å². The molecule has 11 rings (SSSR count). The van der Waals surface area contributed by atoms with Gasteiger partial charge in [0.25, 0.3) is 11.8 Å². The molecule has 3 heterocycles. The number of hydrogen-bond acceptors (Lipinski definition) is 11. The Labute approximate surface area is 542 Å². The number of amides is 2. The Kier molecular flexibility index (Phi) is 22.9. The maximum absolute atomic E-state index is 14.3. The van der Waals surface area contributed by atoms with Crippen molar-refractivity contribution in [2.24, 2.45) is 56.0 Å². The van der Waals surface area contributed by atoms with Gasteiger partial charge >= 0.3 is 24.3 Å². The van der Waals surface area contributed by atoms with Gasteiger partial charge in [0.15, 0.2) is 33.0 Å². The predicted molar refractivity (Wildman–Crippen MR) is 329 cm³/mol. The molecule has 16 nitrogen and oxygen atoms in total. The van der Waals surface area contributed by atoms with Crippen LogP contribution in [-0.4, -0.2) is 132 Å². The minimum Gasteiger partial charge on any atom is -0.475 e. The third kappa shape index (κ3) is 16.3. The molecular weight excluding hydrogens is 1400 g/mol. The Morgan fingerprint density at radius 3 is 1.52 bits per heavy atom. The molecule has 31 heteroatoms. The van der Waals surface area contributed by atoms with Crippen LogP contribution < -0.4 is 11.5 Å². The maximum atomic E-state index is 14.3. The Bertz CT molecular complexity index is 3210. The number of benzene rings is 2. The number of aliphatic carboxylic acids is 2. The number of carbonyl (C=O) groups is 4. The number of nitrogens with zero attached hydrogens (tertiary/aromatic N) is 6. The number of guanidine groups is 2. The molecule has 4 spiro atoms. The zero-order chi connectivity index (χ0) is 67.7. The van der Waals surface area contributed by atoms with Crippen molar-refractivity contribution in [3.8, 4) is 11.1 Å². The first-order chi connectivity index (χ1) is 41.4. The van der Waals surface area contributed by atoms with E-state index >= 15 is 0 Å². The number of fused-ring (bicyclic) bond motifs is 6. The molecule has 4 fully saturated rings. The van der Waals surface area contributed by atoms with Gasteiger partial charge in [0.2, 0.25) is 11.8 Å². The highest BCUT2D eigenvalue weighted by Crippen LogP contribution is 2.65. The van der Waals surface area contributed by atoms with Crippen molar-refractivity contribution in [3.05, 3.63) is 94.6 Å². The van der Waals surface area contributed by atoms with E-state index < -0.39 is 74.0 Å².